The minimum Gasteiger partial charge on any atom is -0.326 e. The van der Waals surface area contributed by atoms with Crippen LogP contribution in [0.3, 0.4) is 0 Å². The fraction of sp³-hybridized carbons (Fsp3) is 1.00. The zero-order valence-corrected chi connectivity index (χ0v) is 9.22. The molecule has 0 saturated heterocycles. The zero-order valence-electron chi connectivity index (χ0n) is 9.22. The molecule has 0 fully saturated rings. The van der Waals surface area contributed by atoms with Crippen molar-refractivity contribution in [2.75, 3.05) is 20.1 Å². The Kier molecular flexibility index (Phi) is 4.80. The second-order valence-corrected chi connectivity index (χ2v) is 4.73. The molecule has 1 atom stereocenters. The van der Waals surface area contributed by atoms with Gasteiger partial charge in [0.15, 0.2) is 0 Å². The molecule has 2 heteroatoms. The van der Waals surface area contributed by atoms with E-state index in [0.717, 1.165) is 13.1 Å². The largest absolute Gasteiger partial charge is 0.326 e. The fourth-order valence-electron chi connectivity index (χ4n) is 1.08. The molecule has 0 aliphatic carbocycles. The molecule has 0 radical (unpaired) electrons. The maximum absolute atomic E-state index is 6.04. The number of hydrogen-bond acceptors (Lipinski definition) is 2. The lowest BCUT2D eigenvalue weighted by molar-refractivity contribution is 0.227. The molecular formula is C10H24N2. The summed E-state index contributed by atoms with van der Waals surface area (Å²) in [6.45, 7) is 10.9. The van der Waals surface area contributed by atoms with E-state index < -0.39 is 0 Å². The second kappa shape index (κ2) is 4.83. The van der Waals surface area contributed by atoms with Crippen LogP contribution >= 0.6 is 0 Å². The Morgan fingerprint density at radius 2 is 1.83 bits per heavy atom. The minimum atomic E-state index is 0.224. The summed E-state index contributed by atoms with van der Waals surface area (Å²) in [5.41, 5.74) is 6.26. The molecule has 0 aromatic carbocycles. The van der Waals surface area contributed by atoms with Gasteiger partial charge in [-0.25, -0.2) is 0 Å². The highest BCUT2D eigenvalue weighted by atomic mass is 15.1. The van der Waals surface area contributed by atoms with Crippen molar-refractivity contribution in [3.8, 4) is 0 Å². The molecule has 1 unspecified atom stereocenters. The van der Waals surface area contributed by atoms with Crippen molar-refractivity contribution in [2.45, 2.75) is 40.2 Å². The zero-order chi connectivity index (χ0) is 9.78. The van der Waals surface area contributed by atoms with Gasteiger partial charge in [0, 0.05) is 12.6 Å². The molecule has 0 rings (SSSR count). The Labute approximate surface area is 77.1 Å². The van der Waals surface area contributed by atoms with Crippen LogP contribution in [0.1, 0.15) is 34.1 Å². The Bertz CT molecular complexity index is 115. The molecule has 0 bridgehead atoms. The van der Waals surface area contributed by atoms with E-state index in [1.807, 2.05) is 0 Å². The summed E-state index contributed by atoms with van der Waals surface area (Å²) in [4.78, 5) is 2.30. The van der Waals surface area contributed by atoms with E-state index in [1.165, 1.54) is 6.42 Å². The van der Waals surface area contributed by atoms with Gasteiger partial charge in [0.1, 0.15) is 0 Å². The number of rotatable bonds is 4. The summed E-state index contributed by atoms with van der Waals surface area (Å²) in [7, 11) is 2.13. The predicted molar refractivity (Wildman–Crippen MR) is 55.2 cm³/mol. The molecule has 0 amide bonds. The molecule has 0 aliphatic heterocycles. The van der Waals surface area contributed by atoms with Crippen LogP contribution in [0.2, 0.25) is 0 Å². The first-order chi connectivity index (χ1) is 5.38. The average molecular weight is 172 g/mol. The highest BCUT2D eigenvalue weighted by Gasteiger charge is 2.21. The molecule has 2 N–H and O–H groups in total. The maximum atomic E-state index is 6.04. The van der Waals surface area contributed by atoms with E-state index in [2.05, 4.69) is 39.6 Å². The van der Waals surface area contributed by atoms with Crippen molar-refractivity contribution in [1.29, 1.82) is 0 Å². The number of nitrogens with two attached hydrogens (primary N) is 1. The predicted octanol–water partition coefficient (Wildman–Crippen LogP) is 1.70. The third-order valence-electron chi connectivity index (χ3n) is 2.23. The third kappa shape index (κ3) is 4.73. The lowest BCUT2D eigenvalue weighted by Crippen LogP contribution is -2.44. The molecule has 0 heterocycles. The highest BCUT2D eigenvalue weighted by Crippen LogP contribution is 2.17. The van der Waals surface area contributed by atoms with E-state index in [-0.39, 0.29) is 11.5 Å². The van der Waals surface area contributed by atoms with E-state index in [0.29, 0.717) is 0 Å². The summed E-state index contributed by atoms with van der Waals surface area (Å²) in [6.07, 6.45) is 1.20. The van der Waals surface area contributed by atoms with Crippen molar-refractivity contribution in [1.82, 2.24) is 4.90 Å². The Balaban J connectivity index is 3.76. The molecule has 2 nitrogen and oxygen atoms in total. The topological polar surface area (TPSA) is 29.3 Å². The normalized spacial score (nSPS) is 15.2. The Hall–Kier alpha value is -0.0800. The monoisotopic (exact) mass is 172 g/mol. The van der Waals surface area contributed by atoms with Crippen molar-refractivity contribution in [3.63, 3.8) is 0 Å². The van der Waals surface area contributed by atoms with Crippen LogP contribution in [0, 0.1) is 5.41 Å². The summed E-state index contributed by atoms with van der Waals surface area (Å²) < 4.78 is 0. The highest BCUT2D eigenvalue weighted by molar-refractivity contribution is 4.79. The lowest BCUT2D eigenvalue weighted by Gasteiger charge is -2.30. The van der Waals surface area contributed by atoms with E-state index in [4.69, 9.17) is 5.73 Å². The van der Waals surface area contributed by atoms with E-state index >= 15 is 0 Å². The molecule has 0 aliphatic rings. The van der Waals surface area contributed by atoms with Crippen LogP contribution in [-0.4, -0.2) is 31.1 Å². The molecule has 0 aromatic heterocycles. The molecule has 12 heavy (non-hydrogen) atoms. The maximum Gasteiger partial charge on any atom is 0.0217 e. The Morgan fingerprint density at radius 3 is 2.17 bits per heavy atom. The van der Waals surface area contributed by atoms with Crippen molar-refractivity contribution >= 4 is 0 Å². The Morgan fingerprint density at radius 1 is 1.33 bits per heavy atom. The van der Waals surface area contributed by atoms with Gasteiger partial charge in [-0.1, -0.05) is 27.7 Å². The van der Waals surface area contributed by atoms with Gasteiger partial charge in [0.05, 0.1) is 0 Å². The van der Waals surface area contributed by atoms with E-state index in [9.17, 15) is 0 Å². The molecular weight excluding hydrogens is 148 g/mol. The van der Waals surface area contributed by atoms with E-state index in [1.54, 1.807) is 0 Å². The van der Waals surface area contributed by atoms with Crippen molar-refractivity contribution in [3.05, 3.63) is 0 Å². The lowest BCUT2D eigenvalue weighted by atomic mass is 9.87. The van der Waals surface area contributed by atoms with Crippen LogP contribution in [0.5, 0.6) is 0 Å². The molecule has 0 spiro atoms. The van der Waals surface area contributed by atoms with Crippen LogP contribution < -0.4 is 5.73 Å². The van der Waals surface area contributed by atoms with Gasteiger partial charge < -0.3 is 10.6 Å². The van der Waals surface area contributed by atoms with Gasteiger partial charge in [0.2, 0.25) is 0 Å². The summed E-state index contributed by atoms with van der Waals surface area (Å²) in [6, 6.07) is 0.272. The summed E-state index contributed by atoms with van der Waals surface area (Å²) >= 11 is 0. The first-order valence-corrected chi connectivity index (χ1v) is 4.82. The minimum absolute atomic E-state index is 0.224. The van der Waals surface area contributed by atoms with Gasteiger partial charge in [0.25, 0.3) is 0 Å². The average Bonchev–Trinajstić information content (AvgIpc) is 1.85. The number of likely N-dealkylation sites (N-methyl/N-ethyl adjacent to an activating group) is 1. The van der Waals surface area contributed by atoms with Crippen LogP contribution in [-0.2, 0) is 0 Å². The quantitative estimate of drug-likeness (QED) is 0.699. The standard InChI is InChI=1S/C10H24N2/c1-6-7-12(5)8-9(11)10(2,3)4/h9H,6-8,11H2,1-5H3. The third-order valence-corrected chi connectivity index (χ3v) is 2.23. The number of nitrogens with zero attached hydrogens (tertiary/aromatic N) is 1. The van der Waals surface area contributed by atoms with Crippen molar-refractivity contribution < 1.29 is 0 Å². The van der Waals surface area contributed by atoms with Crippen LogP contribution in [0.15, 0.2) is 0 Å². The van der Waals surface area contributed by atoms with Crippen LogP contribution in [0.25, 0.3) is 0 Å². The van der Waals surface area contributed by atoms with Gasteiger partial charge in [-0.2, -0.15) is 0 Å². The molecule has 0 aromatic rings. The first-order valence-electron chi connectivity index (χ1n) is 4.82. The van der Waals surface area contributed by atoms with Crippen LogP contribution in [0.4, 0.5) is 0 Å². The molecule has 0 saturated carbocycles. The van der Waals surface area contributed by atoms with Gasteiger partial charge in [-0.15, -0.1) is 0 Å². The fourth-order valence-corrected chi connectivity index (χ4v) is 1.08. The number of hydrogen-bond donors (Lipinski definition) is 1. The van der Waals surface area contributed by atoms with Gasteiger partial charge >= 0.3 is 0 Å². The van der Waals surface area contributed by atoms with Crippen molar-refractivity contribution in [2.24, 2.45) is 11.1 Å². The van der Waals surface area contributed by atoms with Gasteiger partial charge in [-0.3, -0.25) is 0 Å². The summed E-state index contributed by atoms with van der Waals surface area (Å²) in [5, 5.41) is 0. The molecule has 74 valence electrons. The van der Waals surface area contributed by atoms with Gasteiger partial charge in [-0.05, 0) is 25.4 Å². The first kappa shape index (κ1) is 11.9. The summed E-state index contributed by atoms with van der Waals surface area (Å²) in [5.74, 6) is 0. The second-order valence-electron chi connectivity index (χ2n) is 4.73. The smallest absolute Gasteiger partial charge is 0.0217 e. The SMILES string of the molecule is CCCN(C)CC(N)C(C)(C)C.